The molecule has 0 unspecified atom stereocenters. The van der Waals surface area contributed by atoms with Crippen LogP contribution in [0, 0.1) is 0 Å². The van der Waals surface area contributed by atoms with E-state index >= 15 is 9.59 Å². The Kier molecular flexibility index (Phi) is 24.1. The third-order valence-corrected chi connectivity index (χ3v) is 18.2. The molecular weight excluding hydrogens is 1240 g/mol. The van der Waals surface area contributed by atoms with Crippen molar-refractivity contribution in [1.82, 2.24) is 4.90 Å². The molecule has 0 aromatic heterocycles. The van der Waals surface area contributed by atoms with E-state index < -0.39 is 109 Å². The standard InChI is InChI=1S/C78H81NO16S/c1-52-66(85-45-56-31-15-6-16-32-56)70(87-47-58-35-19-8-20-36-58)72(89-49-60-39-23-10-24-40-60)76(90-52)95-69-65(79-74(81)61-41-25-26-42-62(61)75(79)82)78(96-3)93-64(51-84-44-55-29-13-5-14-30-55)68(69)94-77-73(91-53(2)80)71(88-48-59-37-21-9-22-38-59)67(86-46-57-33-17-7-18-34-57)63(92-77)50-83-43-54-27-11-4-12-28-54/h4-42,52,63-73,76-78H,43-51H2,1-3H3/t52-,63+,64+,65+,66+,67-,68+,69+,70+,71-,72-,73+,76-,77-,78-/m0/s1. The first-order valence-corrected chi connectivity index (χ1v) is 33.9. The van der Waals surface area contributed by atoms with Crippen LogP contribution in [0.4, 0.5) is 0 Å². The van der Waals surface area contributed by atoms with Gasteiger partial charge >= 0.3 is 5.97 Å². The highest BCUT2D eigenvalue weighted by Crippen LogP contribution is 2.43. The molecule has 500 valence electrons. The minimum atomic E-state index is -1.53. The van der Waals surface area contributed by atoms with E-state index in [4.69, 9.17) is 61.6 Å². The number of esters is 1. The molecule has 8 aromatic rings. The lowest BCUT2D eigenvalue weighted by Crippen LogP contribution is -2.70. The normalized spacial score (nSPS) is 26.5. The molecule has 0 radical (unpaired) electrons. The maximum Gasteiger partial charge on any atom is 0.303 e. The molecule has 0 N–H and O–H groups in total. The van der Waals surface area contributed by atoms with Crippen LogP contribution in [-0.2, 0) is 113 Å². The molecule has 8 aromatic carbocycles. The number of carbonyl (C=O) groups excluding carboxylic acids is 3. The predicted octanol–water partition coefficient (Wildman–Crippen LogP) is 12.3. The zero-order valence-corrected chi connectivity index (χ0v) is 54.7. The van der Waals surface area contributed by atoms with Crippen LogP contribution in [0.3, 0.4) is 0 Å². The van der Waals surface area contributed by atoms with E-state index in [9.17, 15) is 4.79 Å². The Labute approximate surface area is 565 Å². The summed E-state index contributed by atoms with van der Waals surface area (Å²) in [7, 11) is 0. The Morgan fingerprint density at radius 2 is 0.719 bits per heavy atom. The summed E-state index contributed by atoms with van der Waals surface area (Å²) in [6, 6.07) is 73.7. The van der Waals surface area contributed by atoms with E-state index in [1.807, 2.05) is 226 Å². The van der Waals surface area contributed by atoms with Crippen LogP contribution in [0.25, 0.3) is 0 Å². The summed E-state index contributed by atoms with van der Waals surface area (Å²) in [5.41, 5.74) is 5.63. The maximum atomic E-state index is 15.3. The lowest BCUT2D eigenvalue weighted by molar-refractivity contribution is -0.371. The Hall–Kier alpha value is -7.76. The van der Waals surface area contributed by atoms with Crippen molar-refractivity contribution in [3.05, 3.63) is 287 Å². The van der Waals surface area contributed by atoms with Gasteiger partial charge in [0.15, 0.2) is 18.7 Å². The van der Waals surface area contributed by atoms with Crippen LogP contribution in [0.5, 0.6) is 0 Å². The van der Waals surface area contributed by atoms with Gasteiger partial charge in [-0.15, -0.1) is 11.8 Å². The highest BCUT2D eigenvalue weighted by molar-refractivity contribution is 7.99. The molecule has 18 heteroatoms. The Bertz CT molecular complexity index is 3650. The molecule has 2 amide bonds. The number of fused-ring (bicyclic) bond motifs is 1. The highest BCUT2D eigenvalue weighted by Gasteiger charge is 2.60. The second kappa shape index (κ2) is 34.0. The van der Waals surface area contributed by atoms with Gasteiger partial charge in [-0.3, -0.25) is 19.3 Å². The minimum absolute atomic E-state index is 0.0464. The van der Waals surface area contributed by atoms with Crippen molar-refractivity contribution in [2.75, 3.05) is 19.5 Å². The van der Waals surface area contributed by atoms with E-state index in [1.165, 1.54) is 23.6 Å². The Balaban J connectivity index is 0.991. The smallest absolute Gasteiger partial charge is 0.303 e. The van der Waals surface area contributed by atoms with Crippen molar-refractivity contribution in [3.63, 3.8) is 0 Å². The molecule has 0 saturated carbocycles. The first-order valence-electron chi connectivity index (χ1n) is 32.6. The van der Waals surface area contributed by atoms with Crippen LogP contribution >= 0.6 is 11.8 Å². The number of carbonyl (C=O) groups is 3. The summed E-state index contributed by atoms with van der Waals surface area (Å²) in [5.74, 6) is -1.81. The molecule has 15 atom stereocenters. The van der Waals surface area contributed by atoms with Gasteiger partial charge in [0.25, 0.3) is 11.8 Å². The summed E-state index contributed by atoms with van der Waals surface area (Å²) in [4.78, 5) is 45.8. The van der Waals surface area contributed by atoms with E-state index in [2.05, 4.69) is 0 Å². The van der Waals surface area contributed by atoms with Gasteiger partial charge in [0.05, 0.1) is 76.7 Å². The fourth-order valence-electron chi connectivity index (χ4n) is 12.7. The van der Waals surface area contributed by atoms with Crippen molar-refractivity contribution in [2.24, 2.45) is 0 Å². The molecule has 3 fully saturated rings. The molecule has 0 aliphatic carbocycles. The van der Waals surface area contributed by atoms with Crippen LogP contribution in [0.15, 0.2) is 237 Å². The second-order valence-electron chi connectivity index (χ2n) is 24.1. The van der Waals surface area contributed by atoms with Gasteiger partial charge in [0.2, 0.25) is 0 Å². The highest BCUT2D eigenvalue weighted by atomic mass is 32.2. The van der Waals surface area contributed by atoms with Crippen molar-refractivity contribution in [2.45, 2.75) is 151 Å². The van der Waals surface area contributed by atoms with Crippen LogP contribution < -0.4 is 0 Å². The van der Waals surface area contributed by atoms with Gasteiger partial charge in [0, 0.05) is 6.92 Å². The molecule has 12 rings (SSSR count). The first-order chi connectivity index (χ1) is 47.1. The molecule has 96 heavy (non-hydrogen) atoms. The Morgan fingerprint density at radius 1 is 0.385 bits per heavy atom. The third-order valence-electron chi connectivity index (χ3n) is 17.4. The number of rotatable bonds is 30. The Morgan fingerprint density at radius 3 is 1.12 bits per heavy atom. The molecule has 17 nitrogen and oxygen atoms in total. The average Bonchev–Trinajstić information content (AvgIpc) is 1.49. The molecule has 0 bridgehead atoms. The fraction of sp³-hybridized carbons (Fsp3) is 0.346. The van der Waals surface area contributed by atoms with E-state index in [-0.39, 0.29) is 70.6 Å². The summed E-state index contributed by atoms with van der Waals surface area (Å²) in [6.45, 7) is 4.08. The van der Waals surface area contributed by atoms with E-state index in [0.717, 1.165) is 38.9 Å². The number of thioether (sulfide) groups is 1. The number of ether oxygens (including phenoxy) is 13. The first kappa shape index (κ1) is 68.2. The van der Waals surface area contributed by atoms with Crippen LogP contribution in [0.2, 0.25) is 0 Å². The van der Waals surface area contributed by atoms with E-state index in [1.54, 1.807) is 24.3 Å². The van der Waals surface area contributed by atoms with Crippen molar-refractivity contribution in [3.8, 4) is 0 Å². The zero-order valence-electron chi connectivity index (χ0n) is 53.9. The quantitative estimate of drug-likeness (QED) is 0.0307. The van der Waals surface area contributed by atoms with Gasteiger partial charge in [-0.25, -0.2) is 0 Å². The van der Waals surface area contributed by atoms with Gasteiger partial charge in [0.1, 0.15) is 66.4 Å². The van der Waals surface area contributed by atoms with Crippen LogP contribution in [-0.4, -0.2) is 133 Å². The topological polar surface area (TPSA) is 174 Å². The summed E-state index contributed by atoms with van der Waals surface area (Å²) in [6.07, 6.45) is -12.7. The van der Waals surface area contributed by atoms with Crippen LogP contribution in [0.1, 0.15) is 73.5 Å². The number of nitrogens with zero attached hydrogens (tertiary/aromatic N) is 1. The molecule has 0 spiro atoms. The summed E-state index contributed by atoms with van der Waals surface area (Å²) >= 11 is 1.29. The second-order valence-corrected chi connectivity index (χ2v) is 25.1. The molecule has 4 heterocycles. The third kappa shape index (κ3) is 17.3. The minimum Gasteiger partial charge on any atom is -0.454 e. The number of hydrogen-bond acceptors (Lipinski definition) is 17. The van der Waals surface area contributed by atoms with Gasteiger partial charge < -0.3 is 61.6 Å². The van der Waals surface area contributed by atoms with Gasteiger partial charge in [-0.05, 0) is 64.3 Å². The fourth-order valence-corrected chi connectivity index (χ4v) is 13.5. The number of benzene rings is 8. The lowest BCUT2D eigenvalue weighted by Gasteiger charge is -2.53. The monoisotopic (exact) mass is 1320 g/mol. The average molecular weight is 1320 g/mol. The number of imide groups is 1. The molecule has 4 aliphatic rings. The predicted molar refractivity (Wildman–Crippen MR) is 358 cm³/mol. The lowest BCUT2D eigenvalue weighted by atomic mass is 9.93. The number of amides is 2. The van der Waals surface area contributed by atoms with E-state index in [0.29, 0.717) is 0 Å². The van der Waals surface area contributed by atoms with Crippen molar-refractivity contribution in [1.29, 1.82) is 0 Å². The van der Waals surface area contributed by atoms with Gasteiger partial charge in [-0.1, -0.05) is 224 Å². The summed E-state index contributed by atoms with van der Waals surface area (Å²) in [5, 5.41) is 0. The zero-order chi connectivity index (χ0) is 66.0. The molecule has 3 saturated heterocycles. The number of hydrogen-bond donors (Lipinski definition) is 0. The van der Waals surface area contributed by atoms with Crippen molar-refractivity contribution < 1.29 is 76.0 Å². The largest absolute Gasteiger partial charge is 0.454 e. The van der Waals surface area contributed by atoms with Crippen molar-refractivity contribution >= 4 is 29.5 Å². The summed E-state index contributed by atoms with van der Waals surface area (Å²) < 4.78 is 91.9. The maximum absolute atomic E-state index is 15.3. The molecular formula is C78H81NO16S. The SMILES string of the molecule is CS[C@@H]1O[C@H](COCc2ccccc2)[C@@H](O[C@@H]2O[C@H](COCc3ccccc3)[C@H](OCc3ccccc3)[C@H](OCc3ccccc3)[C@H]2OC(C)=O)[C@H](O[C@@H]2O[C@@H](C)[C@@H](OCc3ccccc3)[C@@H](OCc3ccccc3)[C@@H]2OCc2ccccc2)[C@H]1N1C(=O)c2ccccc2C1=O. The molecule has 4 aliphatic heterocycles. The van der Waals surface area contributed by atoms with Gasteiger partial charge in [-0.2, -0.15) is 0 Å².